The molecule has 124 valence electrons. The summed E-state index contributed by atoms with van der Waals surface area (Å²) >= 11 is 0. The molecule has 2 aromatic carbocycles. The molecule has 0 aliphatic carbocycles. The molecule has 0 radical (unpaired) electrons. The number of aliphatic imine (C=N–C) groups is 1. The van der Waals surface area contributed by atoms with Crippen molar-refractivity contribution in [2.45, 2.75) is 27.7 Å². The van der Waals surface area contributed by atoms with Crippen LogP contribution in [0.3, 0.4) is 0 Å². The van der Waals surface area contributed by atoms with Gasteiger partial charge in [-0.1, -0.05) is 24.3 Å². The molecular weight excluding hydrogens is 342 g/mol. The lowest BCUT2D eigenvalue weighted by Gasteiger charge is -2.14. The summed E-state index contributed by atoms with van der Waals surface area (Å²) in [5.74, 6) is 0.697. The average molecular weight is 360 g/mol. The highest BCUT2D eigenvalue weighted by atomic mass is 35.7. The van der Waals surface area contributed by atoms with Crippen LogP contribution in [0.5, 0.6) is 0 Å². The van der Waals surface area contributed by atoms with Crippen molar-refractivity contribution in [3.05, 3.63) is 69.8 Å². The predicted molar refractivity (Wildman–Crippen MR) is 101 cm³/mol. The summed E-state index contributed by atoms with van der Waals surface area (Å²) in [4.78, 5) is 4.50. The van der Waals surface area contributed by atoms with Crippen molar-refractivity contribution >= 4 is 31.9 Å². The van der Waals surface area contributed by atoms with Crippen LogP contribution in [-0.2, 0) is 9.50 Å². The lowest BCUT2D eigenvalue weighted by atomic mass is 10.0. The fourth-order valence-corrected chi connectivity index (χ4v) is 3.52. The zero-order valence-electron chi connectivity index (χ0n) is 14.0. The second-order valence-electron chi connectivity index (χ2n) is 5.97. The molecule has 0 bridgehead atoms. The number of nitrogens with zero attached hydrogens (tertiary/aromatic N) is 3. The van der Waals surface area contributed by atoms with E-state index in [1.807, 2.05) is 64.1 Å². The average Bonchev–Trinajstić information content (AvgIpc) is 2.51. The lowest BCUT2D eigenvalue weighted by Crippen LogP contribution is -2.16. The molecule has 1 aliphatic rings. The number of halogens is 1. The molecule has 1 aliphatic heterocycles. The van der Waals surface area contributed by atoms with E-state index < -0.39 is 9.50 Å². The van der Waals surface area contributed by atoms with Crippen molar-refractivity contribution in [3.8, 4) is 0 Å². The maximum atomic E-state index is 12.4. The van der Waals surface area contributed by atoms with Crippen LogP contribution < -0.4 is 0 Å². The molecule has 0 N–H and O–H groups in total. The normalized spacial score (nSPS) is 20.2. The minimum atomic E-state index is -3.22. The molecule has 4 nitrogen and oxygen atoms in total. The van der Waals surface area contributed by atoms with Gasteiger partial charge in [-0.2, -0.15) is 4.99 Å². The highest BCUT2D eigenvalue weighted by Gasteiger charge is 2.23. The molecule has 1 heterocycles. The van der Waals surface area contributed by atoms with Crippen LogP contribution in [0, 0.1) is 27.7 Å². The van der Waals surface area contributed by atoms with Crippen LogP contribution in [0.1, 0.15) is 33.4 Å². The van der Waals surface area contributed by atoms with Crippen molar-refractivity contribution in [2.24, 2.45) is 13.8 Å². The Balaban J connectivity index is 2.12. The molecule has 24 heavy (non-hydrogen) atoms. The van der Waals surface area contributed by atoms with E-state index >= 15 is 0 Å². The molecular formula is C18H18ClN3OS. The first-order valence-electron chi connectivity index (χ1n) is 7.56. The third kappa shape index (κ3) is 3.48. The predicted octanol–water partition coefficient (Wildman–Crippen LogP) is 4.66. The number of amidine groups is 2. The fraction of sp³-hybridized carbons (Fsp3) is 0.222. The van der Waals surface area contributed by atoms with Crippen LogP contribution in [0.15, 0.2) is 50.2 Å². The standard InChI is InChI=1S/C18H18ClN3OS/c1-11-5-7-15(9-13(11)3)17-20-18(22-24(19,23)21-17)16-8-6-12(2)14(4)10-16/h5-10H,1-4H3. The quantitative estimate of drug-likeness (QED) is 0.719. The molecule has 6 heteroatoms. The van der Waals surface area contributed by atoms with E-state index in [1.54, 1.807) is 0 Å². The van der Waals surface area contributed by atoms with E-state index in [0.29, 0.717) is 11.7 Å². The van der Waals surface area contributed by atoms with Gasteiger partial charge in [-0.3, -0.25) is 0 Å². The Bertz CT molecular complexity index is 889. The summed E-state index contributed by atoms with van der Waals surface area (Å²) in [6.45, 7) is 8.09. The maximum absolute atomic E-state index is 12.4. The van der Waals surface area contributed by atoms with Crippen LogP contribution in [0.4, 0.5) is 0 Å². The van der Waals surface area contributed by atoms with E-state index in [1.165, 1.54) is 11.1 Å². The van der Waals surface area contributed by atoms with Crippen LogP contribution in [0.25, 0.3) is 0 Å². The molecule has 0 saturated heterocycles. The largest absolute Gasteiger partial charge is 0.591 e. The minimum absolute atomic E-state index is 0.348. The molecule has 0 saturated carbocycles. The molecule has 0 aromatic heterocycles. The second kappa shape index (κ2) is 6.24. The van der Waals surface area contributed by atoms with E-state index in [0.717, 1.165) is 22.3 Å². The summed E-state index contributed by atoms with van der Waals surface area (Å²) in [5, 5.41) is 0. The molecule has 3 rings (SSSR count). The molecule has 2 aromatic rings. The van der Waals surface area contributed by atoms with Gasteiger partial charge in [0.05, 0.1) is 0 Å². The molecule has 1 unspecified atom stereocenters. The number of hydrogen-bond acceptors (Lipinski definition) is 4. The highest BCUT2D eigenvalue weighted by molar-refractivity contribution is 8.20. The number of benzene rings is 2. The Morgan fingerprint density at radius 2 is 1.29 bits per heavy atom. The monoisotopic (exact) mass is 359 g/mol. The molecule has 0 amide bonds. The second-order valence-corrected chi connectivity index (χ2v) is 8.41. The van der Waals surface area contributed by atoms with Gasteiger partial charge in [-0.05, 0) is 70.8 Å². The van der Waals surface area contributed by atoms with Crippen molar-refractivity contribution in [1.29, 1.82) is 0 Å². The number of rotatable bonds is 2. The zero-order valence-corrected chi connectivity index (χ0v) is 15.6. The highest BCUT2D eigenvalue weighted by Crippen LogP contribution is 2.24. The lowest BCUT2D eigenvalue weighted by molar-refractivity contribution is 0.601. The van der Waals surface area contributed by atoms with Gasteiger partial charge < -0.3 is 4.55 Å². The van der Waals surface area contributed by atoms with Crippen LogP contribution >= 0.6 is 10.7 Å². The summed E-state index contributed by atoms with van der Waals surface area (Å²) < 4.78 is 20.5. The summed E-state index contributed by atoms with van der Waals surface area (Å²) in [6.07, 6.45) is 0. The number of aryl methyl sites for hydroxylation is 4. The van der Waals surface area contributed by atoms with Gasteiger partial charge >= 0.3 is 0 Å². The fourth-order valence-electron chi connectivity index (χ4n) is 2.37. The van der Waals surface area contributed by atoms with Crippen molar-refractivity contribution in [1.82, 2.24) is 0 Å². The first-order chi connectivity index (χ1) is 11.2. The van der Waals surface area contributed by atoms with E-state index in [-0.39, 0.29) is 0 Å². The zero-order chi connectivity index (χ0) is 17.5. The van der Waals surface area contributed by atoms with Gasteiger partial charge in [-0.25, -0.2) is 0 Å². The first-order valence-corrected chi connectivity index (χ1v) is 9.85. The summed E-state index contributed by atoms with van der Waals surface area (Å²) in [5.41, 5.74) is 6.13. The van der Waals surface area contributed by atoms with Gasteiger partial charge in [0.2, 0.25) is 11.7 Å². The Morgan fingerprint density at radius 1 is 0.792 bits per heavy atom. The molecule has 0 spiro atoms. The van der Waals surface area contributed by atoms with Gasteiger partial charge in [0, 0.05) is 11.1 Å². The Labute approximate surface area is 147 Å². The summed E-state index contributed by atoms with van der Waals surface area (Å²) in [7, 11) is 2.78. The minimum Gasteiger partial charge on any atom is -0.591 e. The Morgan fingerprint density at radius 3 is 1.79 bits per heavy atom. The number of hydrogen-bond donors (Lipinski definition) is 0. The van der Waals surface area contributed by atoms with E-state index in [4.69, 9.17) is 10.7 Å². The van der Waals surface area contributed by atoms with Crippen molar-refractivity contribution < 1.29 is 4.55 Å². The third-order valence-corrected chi connectivity index (χ3v) is 5.35. The maximum Gasteiger partial charge on any atom is 0.212 e. The SMILES string of the molecule is Cc1ccc(C2=NC(c3ccc(C)c(C)c3)=N[S+]([O-])(Cl)=N2)cc1C. The van der Waals surface area contributed by atoms with E-state index in [2.05, 4.69) is 13.8 Å². The van der Waals surface area contributed by atoms with Crippen LogP contribution in [-0.4, -0.2) is 16.2 Å². The van der Waals surface area contributed by atoms with Gasteiger partial charge in [-0.15, -0.1) is 0 Å². The Hall–Kier alpha value is -1.82. The smallest absolute Gasteiger partial charge is 0.212 e. The third-order valence-electron chi connectivity index (χ3n) is 4.14. The van der Waals surface area contributed by atoms with Crippen LogP contribution in [0.2, 0.25) is 0 Å². The molecule has 1 atom stereocenters. The topological polar surface area (TPSA) is 60.1 Å². The summed E-state index contributed by atoms with van der Waals surface area (Å²) in [6, 6.07) is 11.7. The van der Waals surface area contributed by atoms with E-state index in [9.17, 15) is 4.55 Å². The first kappa shape index (κ1) is 17.0. The van der Waals surface area contributed by atoms with Crippen molar-refractivity contribution in [2.75, 3.05) is 0 Å². The van der Waals surface area contributed by atoms with Gasteiger partial charge in [0.1, 0.15) is 0 Å². The molecule has 0 fully saturated rings. The van der Waals surface area contributed by atoms with Gasteiger partial charge in [0.25, 0.3) is 0 Å². The van der Waals surface area contributed by atoms with Crippen molar-refractivity contribution in [3.63, 3.8) is 0 Å². The van der Waals surface area contributed by atoms with Gasteiger partial charge in [0.15, 0.2) is 20.2 Å². The Kier molecular flexibility index (Phi) is 4.42.